The van der Waals surface area contributed by atoms with Gasteiger partial charge in [0.25, 0.3) is 0 Å². The summed E-state index contributed by atoms with van der Waals surface area (Å²) < 4.78 is 0. The number of allylic oxidation sites excluding steroid dienone is 1. The van der Waals surface area contributed by atoms with Crippen molar-refractivity contribution < 1.29 is 0 Å². The third-order valence-corrected chi connectivity index (χ3v) is 0.536. The molecule has 1 rings (SSSR count). The van der Waals surface area contributed by atoms with Crippen LogP contribution in [-0.2, 0) is 0 Å². The summed E-state index contributed by atoms with van der Waals surface area (Å²) in [6.45, 7) is 0.677. The molecule has 1 radical (unpaired) electrons. The van der Waals surface area contributed by atoms with Gasteiger partial charge in [-0.15, -0.1) is 0 Å². The second-order valence-corrected chi connectivity index (χ2v) is 0.978. The maximum absolute atomic E-state index is 3.82. The van der Waals surface area contributed by atoms with Crippen LogP contribution in [0.25, 0.3) is 0 Å². The standard InChI is InChI=1S/C5H4N/c1-2-4-6-5-3-1/h2,4H,5H2. The van der Waals surface area contributed by atoms with Crippen LogP contribution < -0.4 is 5.32 Å². The van der Waals surface area contributed by atoms with Gasteiger partial charge in [-0.3, -0.25) is 5.32 Å². The van der Waals surface area contributed by atoms with Crippen LogP contribution in [0.4, 0.5) is 0 Å². The van der Waals surface area contributed by atoms with Crippen molar-refractivity contribution in [2.45, 2.75) is 0 Å². The maximum Gasteiger partial charge on any atom is 0.100 e. The highest BCUT2D eigenvalue weighted by atomic mass is 14.8. The summed E-state index contributed by atoms with van der Waals surface area (Å²) in [5.74, 6) is 5.54. The fourth-order valence-corrected chi connectivity index (χ4v) is 0.293. The predicted octanol–water partition coefficient (Wildman–Crippen LogP) is 0.121. The van der Waals surface area contributed by atoms with E-state index in [-0.39, 0.29) is 0 Å². The minimum Gasteiger partial charge on any atom is -0.280 e. The molecule has 0 amide bonds. The Morgan fingerprint density at radius 1 is 1.67 bits per heavy atom. The van der Waals surface area contributed by atoms with Crippen LogP contribution in [0, 0.1) is 11.8 Å². The van der Waals surface area contributed by atoms with Gasteiger partial charge >= 0.3 is 0 Å². The highest BCUT2D eigenvalue weighted by Gasteiger charge is 1.74. The van der Waals surface area contributed by atoms with Gasteiger partial charge in [0.15, 0.2) is 0 Å². The van der Waals surface area contributed by atoms with E-state index in [0.29, 0.717) is 6.54 Å². The lowest BCUT2D eigenvalue weighted by molar-refractivity contribution is 0.979. The average Bonchev–Trinajstić information content (AvgIpc) is 1.72. The first-order valence-electron chi connectivity index (χ1n) is 1.80. The van der Waals surface area contributed by atoms with E-state index in [0.717, 1.165) is 0 Å². The van der Waals surface area contributed by atoms with Crippen molar-refractivity contribution in [1.82, 2.24) is 5.32 Å². The molecule has 0 fully saturated rings. The molecule has 0 unspecified atom stereocenters. The summed E-state index contributed by atoms with van der Waals surface area (Å²) in [4.78, 5) is 0. The smallest absolute Gasteiger partial charge is 0.100 e. The van der Waals surface area contributed by atoms with Crippen LogP contribution in [0.3, 0.4) is 0 Å². The van der Waals surface area contributed by atoms with E-state index in [1.165, 1.54) is 0 Å². The molecule has 0 saturated heterocycles. The van der Waals surface area contributed by atoms with Crippen molar-refractivity contribution in [3.05, 3.63) is 12.3 Å². The predicted molar refractivity (Wildman–Crippen MR) is 23.9 cm³/mol. The lowest BCUT2D eigenvalue weighted by Gasteiger charge is -1.86. The van der Waals surface area contributed by atoms with Gasteiger partial charge in [-0.25, -0.2) is 0 Å². The van der Waals surface area contributed by atoms with Gasteiger partial charge in [0.2, 0.25) is 0 Å². The third-order valence-electron chi connectivity index (χ3n) is 0.536. The Bertz CT molecular complexity index is 114. The molecule has 6 heavy (non-hydrogen) atoms. The van der Waals surface area contributed by atoms with E-state index in [4.69, 9.17) is 0 Å². The quantitative estimate of drug-likeness (QED) is 0.365. The molecular formula is C5H4N. The summed E-state index contributed by atoms with van der Waals surface area (Å²) in [6.07, 6.45) is 3.46. The van der Waals surface area contributed by atoms with Crippen molar-refractivity contribution >= 4 is 0 Å². The lowest BCUT2D eigenvalue weighted by atomic mass is 10.5. The minimum atomic E-state index is 0.677. The number of hydrogen-bond acceptors (Lipinski definition) is 0. The van der Waals surface area contributed by atoms with Crippen molar-refractivity contribution in [2.75, 3.05) is 6.54 Å². The Morgan fingerprint density at radius 2 is 2.67 bits per heavy atom. The highest BCUT2D eigenvalue weighted by molar-refractivity contribution is 5.19. The molecule has 0 aliphatic carbocycles. The molecule has 0 spiro atoms. The lowest BCUT2D eigenvalue weighted by Crippen LogP contribution is -1.96. The van der Waals surface area contributed by atoms with E-state index in [1.807, 2.05) is 0 Å². The molecular weight excluding hydrogens is 74.1 g/mol. The molecule has 29 valence electrons. The first kappa shape index (κ1) is 3.30. The SMILES string of the molecule is C1#CC[N]C=C1. The number of rotatable bonds is 0. The zero-order chi connectivity index (χ0) is 4.24. The van der Waals surface area contributed by atoms with Crippen molar-refractivity contribution in [3.8, 4) is 11.8 Å². The molecule has 1 nitrogen and oxygen atoms in total. The molecule has 1 aliphatic rings. The van der Waals surface area contributed by atoms with E-state index >= 15 is 0 Å². The topological polar surface area (TPSA) is 14.1 Å². The normalized spacial score (nSPS) is 14.7. The maximum atomic E-state index is 3.82. The molecule has 0 aromatic rings. The van der Waals surface area contributed by atoms with Crippen LogP contribution in [0.2, 0.25) is 0 Å². The zero-order valence-corrected chi connectivity index (χ0v) is 3.31. The fourth-order valence-electron chi connectivity index (χ4n) is 0.293. The molecule has 1 heteroatoms. The van der Waals surface area contributed by atoms with Crippen LogP contribution in [0.5, 0.6) is 0 Å². The number of hydrogen-bond donors (Lipinski definition) is 0. The van der Waals surface area contributed by atoms with Crippen molar-refractivity contribution in [3.63, 3.8) is 0 Å². The van der Waals surface area contributed by atoms with Crippen LogP contribution in [0.15, 0.2) is 12.3 Å². The van der Waals surface area contributed by atoms with E-state index in [2.05, 4.69) is 17.2 Å². The second kappa shape index (κ2) is 1.51. The molecule has 0 saturated carbocycles. The molecule has 1 heterocycles. The van der Waals surface area contributed by atoms with Gasteiger partial charge < -0.3 is 0 Å². The highest BCUT2D eigenvalue weighted by Crippen LogP contribution is 1.71. The largest absolute Gasteiger partial charge is 0.280 e. The Morgan fingerprint density at radius 3 is 2.83 bits per heavy atom. The Kier molecular flexibility index (Phi) is 0.832. The van der Waals surface area contributed by atoms with E-state index in [1.54, 1.807) is 12.3 Å². The third kappa shape index (κ3) is 0.526. The summed E-state index contributed by atoms with van der Waals surface area (Å²) in [6, 6.07) is 0. The van der Waals surface area contributed by atoms with Gasteiger partial charge in [-0.2, -0.15) is 0 Å². The van der Waals surface area contributed by atoms with Gasteiger partial charge in [0, 0.05) is 12.3 Å². The monoisotopic (exact) mass is 78.0 g/mol. The summed E-state index contributed by atoms with van der Waals surface area (Å²) >= 11 is 0. The van der Waals surface area contributed by atoms with Gasteiger partial charge in [0.05, 0.1) is 0 Å². The summed E-state index contributed by atoms with van der Waals surface area (Å²) in [7, 11) is 0. The van der Waals surface area contributed by atoms with E-state index in [9.17, 15) is 0 Å². The molecule has 1 aliphatic heterocycles. The summed E-state index contributed by atoms with van der Waals surface area (Å²) in [5, 5.41) is 3.82. The van der Waals surface area contributed by atoms with E-state index < -0.39 is 0 Å². The van der Waals surface area contributed by atoms with Crippen LogP contribution in [-0.4, -0.2) is 6.54 Å². The van der Waals surface area contributed by atoms with Crippen LogP contribution >= 0.6 is 0 Å². The van der Waals surface area contributed by atoms with Gasteiger partial charge in [0.1, 0.15) is 6.54 Å². The van der Waals surface area contributed by atoms with Crippen molar-refractivity contribution in [1.29, 1.82) is 0 Å². The molecule has 0 bridgehead atoms. The van der Waals surface area contributed by atoms with Crippen LogP contribution in [0.1, 0.15) is 0 Å². The van der Waals surface area contributed by atoms with Gasteiger partial charge in [-0.05, 0) is 0 Å². The Hall–Kier alpha value is -0.900. The Labute approximate surface area is 37.1 Å². The van der Waals surface area contributed by atoms with Gasteiger partial charge in [-0.1, -0.05) is 11.8 Å². The average molecular weight is 78.1 g/mol. The second-order valence-electron chi connectivity index (χ2n) is 0.978. The number of nitrogens with zero attached hydrogens (tertiary/aromatic N) is 1. The van der Waals surface area contributed by atoms with Crippen molar-refractivity contribution in [2.24, 2.45) is 0 Å². The zero-order valence-electron chi connectivity index (χ0n) is 3.31. The first-order valence-corrected chi connectivity index (χ1v) is 1.80. The fraction of sp³-hybridized carbons (Fsp3) is 0.200. The molecule has 0 atom stereocenters. The summed E-state index contributed by atoms with van der Waals surface area (Å²) in [5.41, 5.74) is 0. The minimum absolute atomic E-state index is 0.677. The molecule has 0 aromatic heterocycles. The molecule has 0 aromatic carbocycles. The Balaban J connectivity index is 2.58. The first-order chi connectivity index (χ1) is 3.00. The molecule has 0 N–H and O–H groups in total.